The van der Waals surface area contributed by atoms with Gasteiger partial charge in [-0.25, -0.2) is 0 Å². The van der Waals surface area contributed by atoms with E-state index in [0.717, 1.165) is 60.9 Å². The second kappa shape index (κ2) is 15.0. The van der Waals surface area contributed by atoms with Crippen molar-refractivity contribution in [3.63, 3.8) is 0 Å². The Bertz CT molecular complexity index is 3410. The molecule has 0 unspecified atom stereocenters. The first kappa shape index (κ1) is 35.1. The Kier molecular flexibility index (Phi) is 8.77. The van der Waals surface area contributed by atoms with Gasteiger partial charge in [-0.15, -0.1) is 0 Å². The van der Waals surface area contributed by atoms with Crippen LogP contribution in [0.1, 0.15) is 0 Å². The van der Waals surface area contributed by atoms with Crippen LogP contribution in [0, 0.1) is 0 Å². The van der Waals surface area contributed by atoms with E-state index in [4.69, 9.17) is 4.42 Å². The zero-order chi connectivity index (χ0) is 39.8. The van der Waals surface area contributed by atoms with Crippen molar-refractivity contribution in [2.75, 3.05) is 4.90 Å². The van der Waals surface area contributed by atoms with Crippen LogP contribution in [0.3, 0.4) is 0 Å². The van der Waals surface area contributed by atoms with Gasteiger partial charge >= 0.3 is 0 Å². The van der Waals surface area contributed by atoms with Gasteiger partial charge in [0.2, 0.25) is 0 Å². The fourth-order valence-corrected chi connectivity index (χ4v) is 8.48. The number of hydrogen-bond acceptors (Lipinski definition) is 2. The highest BCUT2D eigenvalue weighted by Crippen LogP contribution is 2.39. The van der Waals surface area contributed by atoms with Crippen LogP contribution >= 0.6 is 0 Å². The maximum Gasteiger partial charge on any atom is 0.144 e. The Morgan fingerprint density at radius 2 is 0.850 bits per heavy atom. The van der Waals surface area contributed by atoms with Gasteiger partial charge < -0.3 is 9.32 Å². The summed E-state index contributed by atoms with van der Waals surface area (Å²) in [5.74, 6) is 0. The summed E-state index contributed by atoms with van der Waals surface area (Å²) in [4.78, 5) is 2.34. The smallest absolute Gasteiger partial charge is 0.144 e. The molecule has 1 aromatic heterocycles. The number of nitrogens with zero attached hydrogens (tertiary/aromatic N) is 1. The van der Waals surface area contributed by atoms with E-state index in [1.165, 1.54) is 44.2 Å². The van der Waals surface area contributed by atoms with Crippen molar-refractivity contribution >= 4 is 50.6 Å². The second-order valence-electron chi connectivity index (χ2n) is 15.2. The highest BCUT2D eigenvalue weighted by Gasteiger charge is 2.15. The molecule has 0 saturated heterocycles. The molecule has 1 aliphatic rings. The van der Waals surface area contributed by atoms with Crippen LogP contribution in [0.15, 0.2) is 229 Å². The summed E-state index contributed by atoms with van der Waals surface area (Å²) < 4.78 is 6.06. The highest BCUT2D eigenvalue weighted by atomic mass is 16.3. The van der Waals surface area contributed by atoms with Crippen LogP contribution in [0.25, 0.3) is 89.2 Å². The van der Waals surface area contributed by atoms with Crippen molar-refractivity contribution < 1.29 is 4.42 Å². The quantitative estimate of drug-likeness (QED) is 0.143. The third-order valence-electron chi connectivity index (χ3n) is 11.5. The lowest BCUT2D eigenvalue weighted by Crippen LogP contribution is -2.18. The van der Waals surface area contributed by atoms with E-state index in [0.29, 0.717) is 0 Å². The molecule has 1 heterocycles. The van der Waals surface area contributed by atoms with Crippen molar-refractivity contribution in [2.45, 2.75) is 0 Å². The first-order valence-corrected chi connectivity index (χ1v) is 20.3. The van der Waals surface area contributed by atoms with Crippen LogP contribution in [0.2, 0.25) is 0 Å². The molecule has 0 radical (unpaired) electrons. The lowest BCUT2D eigenvalue weighted by Gasteiger charge is -2.26. The molecule has 9 aromatic carbocycles. The van der Waals surface area contributed by atoms with Gasteiger partial charge in [0.1, 0.15) is 11.0 Å². The van der Waals surface area contributed by atoms with E-state index in [-0.39, 0.29) is 0 Å². The SMILES string of the molecule is C1=C=c2c(oc3ccc(-c4cccc(-c5ccc(N(c6ccc(-c7cccc(-c8ccccc8)c7)cc6)c6ccc(-c7cccc8ccccc78)cc6)cc5)c4)cc23)=CC=1. The molecule has 0 aliphatic heterocycles. The molecule has 0 bridgehead atoms. The number of benzene rings is 9. The van der Waals surface area contributed by atoms with Gasteiger partial charge in [-0.2, -0.15) is 0 Å². The van der Waals surface area contributed by atoms with Crippen molar-refractivity contribution in [3.8, 4) is 55.6 Å². The fraction of sp³-hybridized carbons (Fsp3) is 0. The van der Waals surface area contributed by atoms with Crippen LogP contribution in [-0.4, -0.2) is 0 Å². The third kappa shape index (κ3) is 6.55. The molecule has 60 heavy (non-hydrogen) atoms. The first-order valence-electron chi connectivity index (χ1n) is 20.3. The van der Waals surface area contributed by atoms with Gasteiger partial charge in [0, 0.05) is 22.4 Å². The van der Waals surface area contributed by atoms with E-state index < -0.39 is 0 Å². The summed E-state index contributed by atoms with van der Waals surface area (Å²) in [6, 6.07) is 76.4. The van der Waals surface area contributed by atoms with Gasteiger partial charge in [-0.1, -0.05) is 163 Å². The Balaban J connectivity index is 0.947. The molecule has 0 fully saturated rings. The molecule has 0 saturated carbocycles. The van der Waals surface area contributed by atoms with E-state index in [1.807, 2.05) is 12.2 Å². The highest BCUT2D eigenvalue weighted by molar-refractivity contribution is 5.97. The molecule has 0 spiro atoms. The maximum atomic E-state index is 6.06. The van der Waals surface area contributed by atoms with Gasteiger partial charge in [-0.3, -0.25) is 0 Å². The minimum atomic E-state index is 0.828. The monoisotopic (exact) mass is 763 g/mol. The summed E-state index contributed by atoms with van der Waals surface area (Å²) in [5.41, 5.74) is 23.1. The average Bonchev–Trinajstić information content (AvgIpc) is 3.71. The van der Waals surface area contributed by atoms with Crippen molar-refractivity contribution in [1.82, 2.24) is 0 Å². The summed E-state index contributed by atoms with van der Waals surface area (Å²) in [7, 11) is 0. The van der Waals surface area contributed by atoms with Crippen molar-refractivity contribution in [1.29, 1.82) is 0 Å². The number of anilines is 3. The molecule has 2 heteroatoms. The first-order chi connectivity index (χ1) is 29.7. The standard InChI is InChI=1S/C58H37NO/c1-2-11-40(12-3-1)45-15-8-16-46(37-45)41-23-30-50(31-24-41)59(52-34-27-44(28-35-52)54-21-10-14-43-13-4-5-19-53(43)54)51-32-25-42(26-33-51)47-17-9-18-48(38-47)49-29-36-58-56(39-49)55-20-6-7-22-57(55)60-58/h1-5,7-19,21-39H. The Labute approximate surface area is 348 Å². The molecule has 2 nitrogen and oxygen atoms in total. The zero-order valence-electron chi connectivity index (χ0n) is 32.7. The molecule has 0 amide bonds. The van der Waals surface area contributed by atoms with Crippen LogP contribution < -0.4 is 15.5 Å². The van der Waals surface area contributed by atoms with Gasteiger partial charge in [-0.05, 0) is 139 Å². The molecule has 1 aliphatic carbocycles. The molecule has 0 atom stereocenters. The number of allylic oxidation sites excluding steroid dienone is 1. The van der Waals surface area contributed by atoms with E-state index in [9.17, 15) is 0 Å². The van der Waals surface area contributed by atoms with Gasteiger partial charge in [0.15, 0.2) is 0 Å². The molecule has 0 N–H and O–H groups in total. The Morgan fingerprint density at radius 1 is 0.367 bits per heavy atom. The zero-order valence-corrected chi connectivity index (χ0v) is 32.7. The average molecular weight is 764 g/mol. The van der Waals surface area contributed by atoms with Gasteiger partial charge in [0.25, 0.3) is 0 Å². The summed E-state index contributed by atoms with van der Waals surface area (Å²) in [5, 5.41) is 4.50. The number of fused-ring (bicyclic) bond motifs is 4. The third-order valence-corrected chi connectivity index (χ3v) is 11.5. The molecular weight excluding hydrogens is 727 g/mol. The lowest BCUT2D eigenvalue weighted by molar-refractivity contribution is 0.575. The maximum absolute atomic E-state index is 6.06. The second-order valence-corrected chi connectivity index (χ2v) is 15.2. The largest absolute Gasteiger partial charge is 0.455 e. The fourth-order valence-electron chi connectivity index (χ4n) is 8.48. The van der Waals surface area contributed by atoms with Crippen LogP contribution in [0.4, 0.5) is 17.1 Å². The van der Waals surface area contributed by atoms with Gasteiger partial charge in [0.05, 0.1) is 5.22 Å². The van der Waals surface area contributed by atoms with Crippen LogP contribution in [0.5, 0.6) is 0 Å². The number of hydrogen-bond donors (Lipinski definition) is 0. The lowest BCUT2D eigenvalue weighted by atomic mass is 9.97. The minimum Gasteiger partial charge on any atom is -0.455 e. The summed E-state index contributed by atoms with van der Waals surface area (Å²) in [6.07, 6.45) is 3.78. The van der Waals surface area contributed by atoms with Crippen molar-refractivity contribution in [3.05, 3.63) is 235 Å². The van der Waals surface area contributed by atoms with E-state index in [1.54, 1.807) is 0 Å². The molecule has 11 rings (SSSR count). The van der Waals surface area contributed by atoms with E-state index >= 15 is 0 Å². The normalized spacial score (nSPS) is 11.6. The summed E-state index contributed by atoms with van der Waals surface area (Å²) in [6.45, 7) is 0. The van der Waals surface area contributed by atoms with E-state index in [2.05, 4.69) is 229 Å². The Morgan fingerprint density at radius 3 is 1.50 bits per heavy atom. The molecule has 280 valence electrons. The molecular formula is C58H37NO. The summed E-state index contributed by atoms with van der Waals surface area (Å²) >= 11 is 0. The van der Waals surface area contributed by atoms with Crippen LogP contribution in [-0.2, 0) is 0 Å². The topological polar surface area (TPSA) is 16.4 Å². The molecule has 10 aromatic rings. The minimum absolute atomic E-state index is 0.828. The predicted octanol–water partition coefficient (Wildman–Crippen LogP) is 14.3. The predicted molar refractivity (Wildman–Crippen MR) is 251 cm³/mol. The van der Waals surface area contributed by atoms with Crippen molar-refractivity contribution in [2.24, 2.45) is 0 Å². The number of furan rings is 1. The number of rotatable bonds is 8. The Hall–Kier alpha value is -8.12.